The van der Waals surface area contributed by atoms with Crippen LogP contribution in [0.4, 0.5) is 0 Å². The maximum atomic E-state index is 11.8. The summed E-state index contributed by atoms with van der Waals surface area (Å²) in [6.07, 6.45) is 0. The third-order valence-electron chi connectivity index (χ3n) is 2.72. The maximum absolute atomic E-state index is 11.8. The van der Waals surface area contributed by atoms with Gasteiger partial charge in [-0.25, -0.2) is 13.1 Å². The maximum Gasteiger partial charge on any atom is 0.246 e. The van der Waals surface area contributed by atoms with Crippen LogP contribution in [0.25, 0.3) is 0 Å². The Kier molecular flexibility index (Phi) is 7.50. The standard InChI is InChI=1S/C15H24N2O4S/c1-4-21-10-15(18)16-9-13-5-7-14(8-6-13)11-22(19,20)17-12(2)3/h5-8,12,17H,4,9-11H2,1-3H3,(H,16,18). The number of ether oxygens (including phenoxy) is 1. The number of carbonyl (C=O) groups is 1. The molecule has 1 amide bonds. The zero-order valence-electron chi connectivity index (χ0n) is 13.3. The van der Waals surface area contributed by atoms with Crippen molar-refractivity contribution in [2.45, 2.75) is 39.1 Å². The molecule has 1 rings (SSSR count). The SMILES string of the molecule is CCOCC(=O)NCc1ccc(CS(=O)(=O)NC(C)C)cc1. The Morgan fingerprint density at radius 2 is 1.77 bits per heavy atom. The van der Waals surface area contributed by atoms with E-state index in [2.05, 4.69) is 10.0 Å². The minimum absolute atomic E-state index is 0.0493. The fourth-order valence-electron chi connectivity index (χ4n) is 1.82. The molecule has 0 aliphatic carbocycles. The molecule has 1 aromatic carbocycles. The van der Waals surface area contributed by atoms with Crippen molar-refractivity contribution in [1.29, 1.82) is 0 Å². The molecule has 7 heteroatoms. The van der Waals surface area contributed by atoms with Gasteiger partial charge in [0.25, 0.3) is 0 Å². The van der Waals surface area contributed by atoms with Gasteiger partial charge in [0.05, 0.1) is 5.75 Å². The predicted molar refractivity (Wildman–Crippen MR) is 85.7 cm³/mol. The molecule has 22 heavy (non-hydrogen) atoms. The second-order valence-electron chi connectivity index (χ2n) is 5.26. The van der Waals surface area contributed by atoms with Gasteiger partial charge in [0.2, 0.25) is 15.9 Å². The van der Waals surface area contributed by atoms with E-state index in [4.69, 9.17) is 4.74 Å². The van der Waals surface area contributed by atoms with Crippen molar-refractivity contribution in [2.75, 3.05) is 13.2 Å². The van der Waals surface area contributed by atoms with Crippen molar-refractivity contribution in [1.82, 2.24) is 10.0 Å². The van der Waals surface area contributed by atoms with Crippen molar-refractivity contribution < 1.29 is 17.9 Å². The number of nitrogens with one attached hydrogen (secondary N) is 2. The average molecular weight is 328 g/mol. The summed E-state index contributed by atoms with van der Waals surface area (Å²) < 4.78 is 31.2. The van der Waals surface area contributed by atoms with Crippen LogP contribution >= 0.6 is 0 Å². The van der Waals surface area contributed by atoms with Crippen LogP contribution in [0.5, 0.6) is 0 Å². The third-order valence-corrected chi connectivity index (χ3v) is 4.27. The lowest BCUT2D eigenvalue weighted by Crippen LogP contribution is -2.31. The smallest absolute Gasteiger partial charge is 0.246 e. The van der Waals surface area contributed by atoms with Crippen LogP contribution < -0.4 is 10.0 Å². The molecule has 0 spiro atoms. The third kappa shape index (κ3) is 7.53. The van der Waals surface area contributed by atoms with Crippen molar-refractivity contribution in [3.63, 3.8) is 0 Å². The van der Waals surface area contributed by atoms with Gasteiger partial charge in [0.15, 0.2) is 0 Å². The van der Waals surface area contributed by atoms with Gasteiger partial charge in [0, 0.05) is 19.2 Å². The van der Waals surface area contributed by atoms with E-state index in [1.807, 2.05) is 6.92 Å². The van der Waals surface area contributed by atoms with Gasteiger partial charge in [-0.05, 0) is 31.9 Å². The van der Waals surface area contributed by atoms with Crippen molar-refractivity contribution in [3.8, 4) is 0 Å². The summed E-state index contributed by atoms with van der Waals surface area (Å²) in [5.74, 6) is -0.225. The van der Waals surface area contributed by atoms with Crippen LogP contribution in [-0.2, 0) is 31.9 Å². The molecule has 0 aromatic heterocycles. The molecule has 0 saturated heterocycles. The van der Waals surface area contributed by atoms with Gasteiger partial charge in [-0.1, -0.05) is 24.3 Å². The topological polar surface area (TPSA) is 84.5 Å². The second kappa shape index (κ2) is 8.87. The molecule has 2 N–H and O–H groups in total. The molecular formula is C15H24N2O4S. The zero-order valence-corrected chi connectivity index (χ0v) is 14.1. The molecule has 124 valence electrons. The van der Waals surface area contributed by atoms with E-state index in [0.717, 1.165) is 5.56 Å². The zero-order chi connectivity index (χ0) is 16.6. The summed E-state index contributed by atoms with van der Waals surface area (Å²) in [7, 11) is -3.32. The van der Waals surface area contributed by atoms with Gasteiger partial charge < -0.3 is 10.1 Å². The van der Waals surface area contributed by atoms with Gasteiger partial charge in [-0.15, -0.1) is 0 Å². The van der Waals surface area contributed by atoms with Crippen LogP contribution in [0.2, 0.25) is 0 Å². The fraction of sp³-hybridized carbons (Fsp3) is 0.533. The van der Waals surface area contributed by atoms with Crippen molar-refractivity contribution in [2.24, 2.45) is 0 Å². The first kappa shape index (κ1) is 18.6. The highest BCUT2D eigenvalue weighted by molar-refractivity contribution is 7.88. The molecular weight excluding hydrogens is 304 g/mol. The monoisotopic (exact) mass is 328 g/mol. The summed E-state index contributed by atoms with van der Waals surface area (Å²) in [4.78, 5) is 11.4. The van der Waals surface area contributed by atoms with Gasteiger partial charge in [-0.2, -0.15) is 0 Å². The number of benzene rings is 1. The van der Waals surface area contributed by atoms with E-state index in [-0.39, 0.29) is 24.3 Å². The average Bonchev–Trinajstić information content (AvgIpc) is 2.42. The van der Waals surface area contributed by atoms with Crippen LogP contribution in [0.15, 0.2) is 24.3 Å². The van der Waals surface area contributed by atoms with E-state index >= 15 is 0 Å². The highest BCUT2D eigenvalue weighted by atomic mass is 32.2. The number of carbonyl (C=O) groups excluding carboxylic acids is 1. The number of hydrogen-bond donors (Lipinski definition) is 2. The van der Waals surface area contributed by atoms with Crippen molar-refractivity contribution in [3.05, 3.63) is 35.4 Å². The molecule has 0 heterocycles. The molecule has 1 aromatic rings. The molecule has 0 unspecified atom stereocenters. The Balaban J connectivity index is 2.51. The van der Waals surface area contributed by atoms with Crippen LogP contribution in [0, 0.1) is 0 Å². The predicted octanol–water partition coefficient (Wildman–Crippen LogP) is 1.17. The normalized spacial score (nSPS) is 11.6. The Hall–Kier alpha value is -1.44. The molecule has 0 saturated carbocycles. The van der Waals surface area contributed by atoms with E-state index in [9.17, 15) is 13.2 Å². The summed E-state index contributed by atoms with van der Waals surface area (Å²) in [5.41, 5.74) is 1.61. The van der Waals surface area contributed by atoms with E-state index in [0.29, 0.717) is 18.7 Å². The Labute approximate surface area is 132 Å². The summed E-state index contributed by atoms with van der Waals surface area (Å²) in [6.45, 7) is 6.34. The van der Waals surface area contributed by atoms with Gasteiger partial charge in [-0.3, -0.25) is 4.79 Å². The van der Waals surface area contributed by atoms with Crippen molar-refractivity contribution >= 4 is 15.9 Å². The highest BCUT2D eigenvalue weighted by Crippen LogP contribution is 2.08. The lowest BCUT2D eigenvalue weighted by molar-refractivity contribution is -0.125. The Bertz CT molecular complexity index is 568. The fourth-order valence-corrected chi connectivity index (χ4v) is 3.25. The molecule has 0 aliphatic heterocycles. The first-order valence-electron chi connectivity index (χ1n) is 7.24. The summed E-state index contributed by atoms with van der Waals surface area (Å²) >= 11 is 0. The van der Waals surface area contributed by atoms with Gasteiger partial charge in [0.1, 0.15) is 6.61 Å². The molecule has 0 atom stereocenters. The van der Waals surface area contributed by atoms with Gasteiger partial charge >= 0.3 is 0 Å². The number of rotatable bonds is 9. The van der Waals surface area contributed by atoms with E-state index < -0.39 is 10.0 Å². The van der Waals surface area contributed by atoms with Crippen LogP contribution in [0.3, 0.4) is 0 Å². The Morgan fingerprint density at radius 3 is 2.32 bits per heavy atom. The minimum Gasteiger partial charge on any atom is -0.372 e. The quantitative estimate of drug-likeness (QED) is 0.712. The minimum atomic E-state index is -3.32. The summed E-state index contributed by atoms with van der Waals surface area (Å²) in [6, 6.07) is 7.00. The first-order valence-corrected chi connectivity index (χ1v) is 8.90. The largest absolute Gasteiger partial charge is 0.372 e. The molecule has 6 nitrogen and oxygen atoms in total. The molecule has 0 fully saturated rings. The van der Waals surface area contributed by atoms with Crippen LogP contribution in [-0.4, -0.2) is 33.6 Å². The Morgan fingerprint density at radius 1 is 1.18 bits per heavy atom. The number of hydrogen-bond acceptors (Lipinski definition) is 4. The highest BCUT2D eigenvalue weighted by Gasteiger charge is 2.12. The number of amides is 1. The lowest BCUT2D eigenvalue weighted by Gasteiger charge is -2.10. The van der Waals surface area contributed by atoms with E-state index in [1.165, 1.54) is 0 Å². The summed E-state index contributed by atoms with van der Waals surface area (Å²) in [5, 5.41) is 2.73. The van der Waals surface area contributed by atoms with Crippen LogP contribution in [0.1, 0.15) is 31.9 Å². The molecule has 0 bridgehead atoms. The lowest BCUT2D eigenvalue weighted by atomic mass is 10.1. The first-order chi connectivity index (χ1) is 10.3. The van der Waals surface area contributed by atoms with E-state index in [1.54, 1.807) is 38.1 Å². The molecule has 0 aliphatic rings. The second-order valence-corrected chi connectivity index (χ2v) is 7.02. The molecule has 0 radical (unpaired) electrons. The number of sulfonamides is 1.